The van der Waals surface area contributed by atoms with Crippen molar-refractivity contribution in [2.75, 3.05) is 32.8 Å². The second kappa shape index (κ2) is 7.84. The maximum Gasteiger partial charge on any atom is 0.158 e. The Labute approximate surface area is 148 Å². The van der Waals surface area contributed by atoms with Crippen molar-refractivity contribution in [3.8, 4) is 11.5 Å². The van der Waals surface area contributed by atoms with Crippen LogP contribution in [0.1, 0.15) is 25.6 Å². The Morgan fingerprint density at radius 1 is 1.12 bits per heavy atom. The monoisotopic (exact) mass is 346 g/mol. The van der Waals surface area contributed by atoms with Crippen molar-refractivity contribution in [2.24, 2.45) is 7.05 Å². The zero-order valence-corrected chi connectivity index (χ0v) is 14.9. The second-order valence-corrected chi connectivity index (χ2v) is 6.33. The fourth-order valence-electron chi connectivity index (χ4n) is 3.18. The smallest absolute Gasteiger partial charge is 0.158 e. The Bertz CT molecular complexity index is 663. The molecule has 0 radical (unpaired) electrons. The van der Waals surface area contributed by atoms with Gasteiger partial charge >= 0.3 is 0 Å². The van der Waals surface area contributed by atoms with Crippen molar-refractivity contribution in [2.45, 2.75) is 25.4 Å². The Morgan fingerprint density at radius 2 is 1.76 bits per heavy atom. The first-order chi connectivity index (χ1) is 12.1. The van der Waals surface area contributed by atoms with E-state index in [1.165, 1.54) is 6.33 Å². The number of benzene rings is 1. The van der Waals surface area contributed by atoms with E-state index in [0.29, 0.717) is 31.9 Å². The predicted molar refractivity (Wildman–Crippen MR) is 93.7 cm³/mol. The average molecular weight is 346 g/mol. The van der Waals surface area contributed by atoms with Crippen molar-refractivity contribution in [1.82, 2.24) is 19.7 Å². The van der Waals surface area contributed by atoms with Gasteiger partial charge in [0.25, 0.3) is 0 Å². The zero-order valence-electron chi connectivity index (χ0n) is 14.9. The van der Waals surface area contributed by atoms with Crippen molar-refractivity contribution >= 4 is 0 Å². The van der Waals surface area contributed by atoms with E-state index in [0.717, 1.165) is 31.1 Å². The van der Waals surface area contributed by atoms with Crippen molar-refractivity contribution in [3.05, 3.63) is 36.4 Å². The number of rotatable bonds is 7. The van der Waals surface area contributed by atoms with Crippen LogP contribution in [0, 0.1) is 0 Å². The van der Waals surface area contributed by atoms with Crippen LogP contribution in [0.5, 0.6) is 11.5 Å². The van der Waals surface area contributed by atoms with Crippen molar-refractivity contribution in [1.29, 1.82) is 0 Å². The van der Waals surface area contributed by atoms with Crippen LogP contribution in [0.4, 0.5) is 0 Å². The first-order valence-electron chi connectivity index (χ1n) is 8.75. The number of hydrogen-bond acceptors (Lipinski definition) is 6. The first-order valence-corrected chi connectivity index (χ1v) is 8.75. The van der Waals surface area contributed by atoms with Crippen molar-refractivity contribution in [3.63, 3.8) is 0 Å². The number of aryl methyl sites for hydroxylation is 1. The molecule has 1 N–H and O–H groups in total. The molecule has 136 valence electrons. The summed E-state index contributed by atoms with van der Waals surface area (Å²) in [6.07, 6.45) is 2.80. The third-order valence-electron chi connectivity index (χ3n) is 4.62. The summed E-state index contributed by atoms with van der Waals surface area (Å²) in [5.74, 6) is 2.35. The minimum Gasteiger partial charge on any atom is -0.494 e. The molecule has 0 bridgehead atoms. The van der Waals surface area contributed by atoms with E-state index in [9.17, 15) is 5.11 Å². The molecule has 1 aliphatic rings. The molecular weight excluding hydrogens is 320 g/mol. The molecule has 1 aromatic heterocycles. The van der Waals surface area contributed by atoms with Gasteiger partial charge in [-0.05, 0) is 44.0 Å². The summed E-state index contributed by atoms with van der Waals surface area (Å²) >= 11 is 0. The summed E-state index contributed by atoms with van der Waals surface area (Å²) in [5, 5.41) is 14.9. The van der Waals surface area contributed by atoms with Crippen LogP contribution in [0.2, 0.25) is 0 Å². The SMILES string of the molecule is CCOc1ccc(OCCN2CCC(O)(c3ncnn3C)CC2)cc1. The Kier molecular flexibility index (Phi) is 5.55. The van der Waals surface area contributed by atoms with Crippen LogP contribution in [0.25, 0.3) is 0 Å². The summed E-state index contributed by atoms with van der Waals surface area (Å²) in [4.78, 5) is 6.51. The topological polar surface area (TPSA) is 72.6 Å². The van der Waals surface area contributed by atoms with Crippen LogP contribution in [-0.2, 0) is 12.6 Å². The van der Waals surface area contributed by atoms with Gasteiger partial charge < -0.3 is 14.6 Å². The summed E-state index contributed by atoms with van der Waals surface area (Å²) in [7, 11) is 1.82. The standard InChI is InChI=1S/C18H26N4O3/c1-3-24-15-4-6-16(7-5-15)25-13-12-22-10-8-18(23,9-11-22)17-19-14-20-21(17)2/h4-7,14,23H,3,8-13H2,1-2H3. The van der Waals surface area contributed by atoms with Crippen LogP contribution < -0.4 is 9.47 Å². The molecule has 0 spiro atoms. The lowest BCUT2D eigenvalue weighted by atomic mass is 9.90. The van der Waals surface area contributed by atoms with E-state index >= 15 is 0 Å². The van der Waals surface area contributed by atoms with Gasteiger partial charge in [-0.2, -0.15) is 5.10 Å². The number of piperidine rings is 1. The number of nitrogens with zero attached hydrogens (tertiary/aromatic N) is 4. The maximum absolute atomic E-state index is 10.8. The highest BCUT2D eigenvalue weighted by Gasteiger charge is 2.37. The van der Waals surface area contributed by atoms with E-state index < -0.39 is 5.60 Å². The Balaban J connectivity index is 1.43. The highest BCUT2D eigenvalue weighted by molar-refractivity contribution is 5.31. The molecule has 2 aromatic rings. The Morgan fingerprint density at radius 3 is 2.32 bits per heavy atom. The molecule has 0 aliphatic carbocycles. The molecule has 1 aliphatic heterocycles. The third-order valence-corrected chi connectivity index (χ3v) is 4.62. The fraction of sp³-hybridized carbons (Fsp3) is 0.556. The lowest BCUT2D eigenvalue weighted by molar-refractivity contribution is -0.0372. The molecule has 1 saturated heterocycles. The largest absolute Gasteiger partial charge is 0.494 e. The van der Waals surface area contributed by atoms with Crippen LogP contribution in [-0.4, -0.2) is 57.6 Å². The molecule has 0 unspecified atom stereocenters. The summed E-state index contributed by atoms with van der Waals surface area (Å²) in [6.45, 7) is 5.72. The Hall–Kier alpha value is -2.12. The van der Waals surface area contributed by atoms with Gasteiger partial charge in [0.15, 0.2) is 5.82 Å². The number of aliphatic hydroxyl groups is 1. The summed E-state index contributed by atoms with van der Waals surface area (Å²) in [6, 6.07) is 7.68. The fourth-order valence-corrected chi connectivity index (χ4v) is 3.18. The molecule has 7 heteroatoms. The van der Waals surface area contributed by atoms with Gasteiger partial charge in [-0.3, -0.25) is 9.58 Å². The predicted octanol–water partition coefficient (Wildman–Crippen LogP) is 1.58. The number of aromatic nitrogens is 3. The molecule has 1 fully saturated rings. The van der Waals surface area contributed by atoms with Gasteiger partial charge in [0.1, 0.15) is 30.0 Å². The van der Waals surface area contributed by atoms with E-state index in [-0.39, 0.29) is 0 Å². The van der Waals surface area contributed by atoms with Gasteiger partial charge in [0.05, 0.1) is 6.61 Å². The highest BCUT2D eigenvalue weighted by atomic mass is 16.5. The quantitative estimate of drug-likeness (QED) is 0.821. The minimum atomic E-state index is -0.877. The maximum atomic E-state index is 10.8. The molecule has 0 amide bonds. The normalized spacial score (nSPS) is 17.4. The van der Waals surface area contributed by atoms with Gasteiger partial charge in [0, 0.05) is 26.7 Å². The van der Waals surface area contributed by atoms with Gasteiger partial charge in [-0.25, -0.2) is 4.98 Å². The number of hydrogen-bond donors (Lipinski definition) is 1. The zero-order chi connectivity index (χ0) is 17.7. The van der Waals surface area contributed by atoms with Crippen molar-refractivity contribution < 1.29 is 14.6 Å². The molecule has 3 rings (SSSR count). The summed E-state index contributed by atoms with van der Waals surface area (Å²) < 4.78 is 12.9. The second-order valence-electron chi connectivity index (χ2n) is 6.33. The third kappa shape index (κ3) is 4.29. The van der Waals surface area contributed by atoms with Crippen LogP contribution in [0.15, 0.2) is 30.6 Å². The average Bonchev–Trinajstić information content (AvgIpc) is 3.06. The van der Waals surface area contributed by atoms with Gasteiger partial charge in [-0.15, -0.1) is 0 Å². The summed E-state index contributed by atoms with van der Waals surface area (Å²) in [5.41, 5.74) is -0.877. The van der Waals surface area contributed by atoms with E-state index in [4.69, 9.17) is 9.47 Å². The van der Waals surface area contributed by atoms with Crippen LogP contribution >= 0.6 is 0 Å². The lowest BCUT2D eigenvalue weighted by Crippen LogP contribution is -2.45. The lowest BCUT2D eigenvalue weighted by Gasteiger charge is -2.37. The van der Waals surface area contributed by atoms with E-state index in [1.54, 1.807) is 4.68 Å². The van der Waals surface area contributed by atoms with E-state index in [2.05, 4.69) is 15.0 Å². The van der Waals surface area contributed by atoms with Gasteiger partial charge in [-0.1, -0.05) is 0 Å². The molecule has 25 heavy (non-hydrogen) atoms. The molecule has 1 aromatic carbocycles. The number of ether oxygens (including phenoxy) is 2. The first kappa shape index (κ1) is 17.7. The van der Waals surface area contributed by atoms with Gasteiger partial charge in [0.2, 0.25) is 0 Å². The minimum absolute atomic E-state index is 0.621. The molecule has 0 atom stereocenters. The molecule has 7 nitrogen and oxygen atoms in total. The molecule has 0 saturated carbocycles. The van der Waals surface area contributed by atoms with E-state index in [1.807, 2.05) is 38.2 Å². The molecule has 2 heterocycles. The molecular formula is C18H26N4O3. The number of likely N-dealkylation sites (tertiary alicyclic amines) is 1. The highest BCUT2D eigenvalue weighted by Crippen LogP contribution is 2.30. The van der Waals surface area contributed by atoms with Crippen LogP contribution in [0.3, 0.4) is 0 Å².